The van der Waals surface area contributed by atoms with Crippen molar-refractivity contribution in [3.8, 4) is 0 Å². The minimum Gasteiger partial charge on any atom is -0.330 e. The molecule has 0 amide bonds. The van der Waals surface area contributed by atoms with Crippen LogP contribution in [0.2, 0.25) is 5.02 Å². The van der Waals surface area contributed by atoms with Crippen molar-refractivity contribution in [2.24, 2.45) is 5.73 Å². The molecule has 3 rings (SSSR count). The first-order chi connectivity index (χ1) is 8.73. The quantitative estimate of drug-likeness (QED) is 0.910. The third-order valence-corrected chi connectivity index (χ3v) is 4.92. The molecule has 1 heterocycles. The van der Waals surface area contributed by atoms with Gasteiger partial charge in [-0.05, 0) is 56.5 Å². The largest absolute Gasteiger partial charge is 0.330 e. The summed E-state index contributed by atoms with van der Waals surface area (Å²) in [6.07, 6.45) is 5.16. The Labute approximate surface area is 114 Å². The van der Waals surface area contributed by atoms with Crippen LogP contribution < -0.4 is 5.73 Å². The van der Waals surface area contributed by atoms with Crippen molar-refractivity contribution in [2.75, 3.05) is 19.6 Å². The molecular weight excluding hydrogens is 244 g/mol. The number of benzene rings is 1. The molecule has 98 valence electrons. The number of piperidine rings is 1. The van der Waals surface area contributed by atoms with Crippen LogP contribution in [0.4, 0.5) is 0 Å². The molecule has 0 aromatic heterocycles. The van der Waals surface area contributed by atoms with Gasteiger partial charge in [0.05, 0.1) is 0 Å². The van der Waals surface area contributed by atoms with E-state index < -0.39 is 0 Å². The van der Waals surface area contributed by atoms with Crippen LogP contribution in [0.5, 0.6) is 0 Å². The van der Waals surface area contributed by atoms with Gasteiger partial charge in [0.2, 0.25) is 0 Å². The van der Waals surface area contributed by atoms with Crippen molar-refractivity contribution in [3.63, 3.8) is 0 Å². The summed E-state index contributed by atoms with van der Waals surface area (Å²) in [4.78, 5) is 2.64. The third kappa shape index (κ3) is 2.29. The van der Waals surface area contributed by atoms with E-state index in [0.29, 0.717) is 0 Å². The lowest BCUT2D eigenvalue weighted by Crippen LogP contribution is -2.47. The predicted molar refractivity (Wildman–Crippen MR) is 76.0 cm³/mol. The van der Waals surface area contributed by atoms with Crippen molar-refractivity contribution >= 4 is 11.6 Å². The number of hydrogen-bond acceptors (Lipinski definition) is 2. The highest BCUT2D eigenvalue weighted by Crippen LogP contribution is 2.38. The fourth-order valence-corrected chi connectivity index (χ4v) is 3.30. The Bertz CT molecular complexity index is 403. The molecule has 18 heavy (non-hydrogen) atoms. The lowest BCUT2D eigenvalue weighted by atomic mass is 9.73. The van der Waals surface area contributed by atoms with Gasteiger partial charge in [0, 0.05) is 23.0 Å². The van der Waals surface area contributed by atoms with Crippen LogP contribution in [0.15, 0.2) is 24.3 Å². The second-order valence-electron chi connectivity index (χ2n) is 5.76. The molecule has 1 aromatic carbocycles. The van der Waals surface area contributed by atoms with Crippen LogP contribution in [0, 0.1) is 0 Å². The number of nitrogens with two attached hydrogens (primary N) is 1. The summed E-state index contributed by atoms with van der Waals surface area (Å²) in [6, 6.07) is 9.17. The lowest BCUT2D eigenvalue weighted by molar-refractivity contribution is 0.155. The van der Waals surface area contributed by atoms with Gasteiger partial charge < -0.3 is 10.6 Å². The molecule has 2 aliphatic rings. The molecule has 2 fully saturated rings. The van der Waals surface area contributed by atoms with Gasteiger partial charge in [0.25, 0.3) is 0 Å². The number of nitrogens with zero attached hydrogens (tertiary/aromatic N) is 1. The first-order valence-electron chi connectivity index (χ1n) is 6.94. The van der Waals surface area contributed by atoms with Gasteiger partial charge in [-0.3, -0.25) is 0 Å². The van der Waals surface area contributed by atoms with Crippen molar-refractivity contribution in [1.82, 2.24) is 4.90 Å². The standard InChI is InChI=1S/C15H21ClN2/c16-13-3-1-12(2-4-13)15(11-17)7-9-18(10-8-15)14-5-6-14/h1-4,14H,5-11,17H2. The molecule has 3 heteroatoms. The SMILES string of the molecule is NCC1(c2ccc(Cl)cc2)CCN(C2CC2)CC1. The topological polar surface area (TPSA) is 29.3 Å². The Morgan fingerprint density at radius 2 is 1.78 bits per heavy atom. The number of hydrogen-bond donors (Lipinski definition) is 1. The average molecular weight is 265 g/mol. The normalized spacial score (nSPS) is 24.1. The zero-order valence-electron chi connectivity index (χ0n) is 10.7. The Morgan fingerprint density at radius 3 is 2.28 bits per heavy atom. The minimum absolute atomic E-state index is 0.177. The van der Waals surface area contributed by atoms with E-state index >= 15 is 0 Å². The minimum atomic E-state index is 0.177. The summed E-state index contributed by atoms with van der Waals surface area (Å²) >= 11 is 5.97. The highest BCUT2D eigenvalue weighted by molar-refractivity contribution is 6.30. The molecule has 1 saturated heterocycles. The van der Waals surface area contributed by atoms with Crippen LogP contribution >= 0.6 is 11.6 Å². The van der Waals surface area contributed by atoms with E-state index in [9.17, 15) is 0 Å². The van der Waals surface area contributed by atoms with Crippen molar-refractivity contribution in [2.45, 2.75) is 37.1 Å². The predicted octanol–water partition coefficient (Wildman–Crippen LogP) is 2.79. The first kappa shape index (κ1) is 12.5. The maximum absolute atomic E-state index is 6.09. The molecule has 1 aliphatic carbocycles. The summed E-state index contributed by atoms with van der Waals surface area (Å²) in [6.45, 7) is 3.14. The zero-order chi connectivity index (χ0) is 12.6. The summed E-state index contributed by atoms with van der Waals surface area (Å²) < 4.78 is 0. The Balaban J connectivity index is 1.76. The van der Waals surface area contributed by atoms with E-state index in [0.717, 1.165) is 17.6 Å². The van der Waals surface area contributed by atoms with Crippen LogP contribution in [0.3, 0.4) is 0 Å². The molecular formula is C15H21ClN2. The van der Waals surface area contributed by atoms with Gasteiger partial charge in [-0.1, -0.05) is 23.7 Å². The molecule has 1 aliphatic heterocycles. The monoisotopic (exact) mass is 264 g/mol. The lowest BCUT2D eigenvalue weighted by Gasteiger charge is -2.42. The van der Waals surface area contributed by atoms with Gasteiger partial charge in [-0.15, -0.1) is 0 Å². The van der Waals surface area contributed by atoms with Gasteiger partial charge in [-0.2, -0.15) is 0 Å². The van der Waals surface area contributed by atoms with E-state index in [1.165, 1.54) is 44.3 Å². The highest BCUT2D eigenvalue weighted by atomic mass is 35.5. The number of likely N-dealkylation sites (tertiary alicyclic amines) is 1. The molecule has 0 spiro atoms. The zero-order valence-corrected chi connectivity index (χ0v) is 11.5. The van der Waals surface area contributed by atoms with Gasteiger partial charge in [-0.25, -0.2) is 0 Å². The maximum Gasteiger partial charge on any atom is 0.0406 e. The first-order valence-corrected chi connectivity index (χ1v) is 7.31. The van der Waals surface area contributed by atoms with Crippen LogP contribution in [-0.2, 0) is 5.41 Å². The summed E-state index contributed by atoms with van der Waals surface area (Å²) in [5, 5.41) is 0.807. The fraction of sp³-hybridized carbons (Fsp3) is 0.600. The molecule has 0 atom stereocenters. The average Bonchev–Trinajstić information content (AvgIpc) is 3.24. The van der Waals surface area contributed by atoms with E-state index in [1.807, 2.05) is 12.1 Å². The second-order valence-corrected chi connectivity index (χ2v) is 6.19. The smallest absolute Gasteiger partial charge is 0.0406 e. The maximum atomic E-state index is 6.09. The molecule has 1 saturated carbocycles. The van der Waals surface area contributed by atoms with Crippen molar-refractivity contribution < 1.29 is 0 Å². The Morgan fingerprint density at radius 1 is 1.17 bits per heavy atom. The van der Waals surface area contributed by atoms with Gasteiger partial charge in [0.15, 0.2) is 0 Å². The van der Waals surface area contributed by atoms with Gasteiger partial charge in [0.1, 0.15) is 0 Å². The van der Waals surface area contributed by atoms with E-state index in [4.69, 9.17) is 17.3 Å². The van der Waals surface area contributed by atoms with E-state index in [1.54, 1.807) is 0 Å². The molecule has 0 unspecified atom stereocenters. The second kappa shape index (κ2) is 4.84. The van der Waals surface area contributed by atoms with Crippen LogP contribution in [-0.4, -0.2) is 30.6 Å². The molecule has 0 radical (unpaired) electrons. The van der Waals surface area contributed by atoms with Crippen molar-refractivity contribution in [1.29, 1.82) is 0 Å². The number of halogens is 1. The van der Waals surface area contributed by atoms with Crippen molar-refractivity contribution in [3.05, 3.63) is 34.9 Å². The summed E-state index contributed by atoms with van der Waals surface area (Å²) in [5.74, 6) is 0. The fourth-order valence-electron chi connectivity index (χ4n) is 3.17. The molecule has 2 N–H and O–H groups in total. The summed E-state index contributed by atoms with van der Waals surface area (Å²) in [5.41, 5.74) is 7.64. The molecule has 1 aromatic rings. The van der Waals surface area contributed by atoms with E-state index in [2.05, 4.69) is 17.0 Å². The highest BCUT2D eigenvalue weighted by Gasteiger charge is 2.39. The Kier molecular flexibility index (Phi) is 3.35. The Hall–Kier alpha value is -0.570. The van der Waals surface area contributed by atoms with Gasteiger partial charge >= 0.3 is 0 Å². The van der Waals surface area contributed by atoms with Crippen LogP contribution in [0.1, 0.15) is 31.2 Å². The molecule has 2 nitrogen and oxygen atoms in total. The summed E-state index contributed by atoms with van der Waals surface area (Å²) in [7, 11) is 0. The third-order valence-electron chi connectivity index (χ3n) is 4.67. The van der Waals surface area contributed by atoms with Crippen LogP contribution in [0.25, 0.3) is 0 Å². The molecule has 0 bridgehead atoms. The van der Waals surface area contributed by atoms with E-state index in [-0.39, 0.29) is 5.41 Å². The number of rotatable bonds is 3.